The molecule has 0 aliphatic carbocycles. The van der Waals surface area contributed by atoms with E-state index in [-0.39, 0.29) is 5.69 Å². The van der Waals surface area contributed by atoms with Gasteiger partial charge in [-0.15, -0.1) is 0 Å². The second-order valence-electron chi connectivity index (χ2n) is 4.19. The maximum atomic E-state index is 13.5. The van der Waals surface area contributed by atoms with Crippen LogP contribution in [0.5, 0.6) is 5.75 Å². The number of amides is 1. The van der Waals surface area contributed by atoms with Crippen LogP contribution in [0.4, 0.5) is 10.1 Å². The molecular weight excluding hydrogens is 281 g/mol. The van der Waals surface area contributed by atoms with E-state index in [9.17, 15) is 9.18 Å². The van der Waals surface area contributed by atoms with E-state index in [4.69, 9.17) is 16.3 Å². The molecule has 0 spiro atoms. The number of halogens is 2. The Kier molecular flexibility index (Phi) is 4.58. The first-order chi connectivity index (χ1) is 9.56. The van der Waals surface area contributed by atoms with Crippen molar-refractivity contribution in [1.29, 1.82) is 0 Å². The number of carbonyl (C=O) groups is 1. The van der Waals surface area contributed by atoms with E-state index in [1.807, 2.05) is 6.07 Å². The fourth-order valence-corrected chi connectivity index (χ4v) is 1.76. The number of carbonyl (C=O) groups excluding carboxylic acids is 1. The lowest BCUT2D eigenvalue weighted by atomic mass is 10.2. The predicted molar refractivity (Wildman–Crippen MR) is 76.6 cm³/mol. The van der Waals surface area contributed by atoms with Crippen LogP contribution in [0.3, 0.4) is 0 Å². The Hall–Kier alpha value is -2.07. The Labute approximate surface area is 121 Å². The van der Waals surface area contributed by atoms with Gasteiger partial charge in [0, 0.05) is 5.02 Å². The number of ether oxygens (including phenoxy) is 1. The smallest absolute Gasteiger partial charge is 0.265 e. The molecule has 0 saturated heterocycles. The summed E-state index contributed by atoms with van der Waals surface area (Å²) in [7, 11) is 0. The van der Waals surface area contributed by atoms with Gasteiger partial charge in [0.15, 0.2) is 6.10 Å². The van der Waals surface area contributed by atoms with Crippen molar-refractivity contribution in [2.45, 2.75) is 13.0 Å². The Morgan fingerprint density at radius 2 is 1.95 bits per heavy atom. The van der Waals surface area contributed by atoms with E-state index in [0.717, 1.165) is 0 Å². The summed E-state index contributed by atoms with van der Waals surface area (Å²) in [6.45, 7) is 1.59. The molecule has 2 aromatic rings. The van der Waals surface area contributed by atoms with Crippen LogP contribution in [-0.4, -0.2) is 12.0 Å². The summed E-state index contributed by atoms with van der Waals surface area (Å²) < 4.78 is 19.0. The van der Waals surface area contributed by atoms with Crippen molar-refractivity contribution >= 4 is 23.2 Å². The molecule has 1 N–H and O–H groups in total. The van der Waals surface area contributed by atoms with Crippen molar-refractivity contribution in [3.05, 3.63) is 59.4 Å². The molecule has 0 radical (unpaired) electrons. The largest absolute Gasteiger partial charge is 0.481 e. The Morgan fingerprint density at radius 3 is 2.65 bits per heavy atom. The molecule has 1 amide bonds. The molecule has 5 heteroatoms. The Morgan fingerprint density at radius 1 is 1.25 bits per heavy atom. The summed E-state index contributed by atoms with van der Waals surface area (Å²) in [5, 5.41) is 2.79. The summed E-state index contributed by atoms with van der Waals surface area (Å²) in [5.74, 6) is -0.425. The highest BCUT2D eigenvalue weighted by Gasteiger charge is 2.16. The van der Waals surface area contributed by atoms with Gasteiger partial charge in [-0.25, -0.2) is 4.39 Å². The first-order valence-electron chi connectivity index (χ1n) is 6.04. The highest BCUT2D eigenvalue weighted by Crippen LogP contribution is 2.20. The molecule has 0 fully saturated rings. The minimum Gasteiger partial charge on any atom is -0.481 e. The first kappa shape index (κ1) is 14.3. The maximum absolute atomic E-state index is 13.5. The molecule has 2 aromatic carbocycles. The third kappa shape index (κ3) is 3.71. The molecule has 0 aliphatic heterocycles. The van der Waals surface area contributed by atoms with Crippen LogP contribution in [0.2, 0.25) is 5.02 Å². The van der Waals surface area contributed by atoms with Gasteiger partial charge in [0.2, 0.25) is 0 Å². The molecule has 0 bridgehead atoms. The second kappa shape index (κ2) is 6.39. The lowest BCUT2D eigenvalue weighted by molar-refractivity contribution is -0.122. The number of rotatable bonds is 4. The zero-order valence-corrected chi connectivity index (χ0v) is 11.5. The molecule has 0 saturated carbocycles. The van der Waals surface area contributed by atoms with Gasteiger partial charge in [0.05, 0.1) is 5.69 Å². The van der Waals surface area contributed by atoms with Crippen molar-refractivity contribution in [2.75, 3.05) is 5.32 Å². The zero-order chi connectivity index (χ0) is 14.5. The molecule has 0 aromatic heterocycles. The van der Waals surface area contributed by atoms with Crippen LogP contribution in [-0.2, 0) is 4.79 Å². The average molecular weight is 294 g/mol. The quantitative estimate of drug-likeness (QED) is 0.929. The van der Waals surface area contributed by atoms with Crippen LogP contribution < -0.4 is 10.1 Å². The van der Waals surface area contributed by atoms with Gasteiger partial charge in [-0.2, -0.15) is 0 Å². The number of nitrogens with one attached hydrogen (secondary N) is 1. The van der Waals surface area contributed by atoms with Gasteiger partial charge in [0.25, 0.3) is 5.91 Å². The van der Waals surface area contributed by atoms with Crippen LogP contribution in [0.1, 0.15) is 6.92 Å². The monoisotopic (exact) mass is 293 g/mol. The first-order valence-corrected chi connectivity index (χ1v) is 6.41. The van der Waals surface area contributed by atoms with Crippen LogP contribution >= 0.6 is 11.6 Å². The van der Waals surface area contributed by atoms with Crippen molar-refractivity contribution in [3.8, 4) is 5.75 Å². The summed E-state index contributed by atoms with van der Waals surface area (Å²) in [6, 6.07) is 12.9. The molecule has 1 atom stereocenters. The van der Waals surface area contributed by atoms with Crippen molar-refractivity contribution < 1.29 is 13.9 Å². The van der Waals surface area contributed by atoms with Crippen LogP contribution in [0.25, 0.3) is 0 Å². The van der Waals surface area contributed by atoms with E-state index in [0.29, 0.717) is 10.8 Å². The number of hydrogen-bond donors (Lipinski definition) is 1. The van der Waals surface area contributed by atoms with Gasteiger partial charge in [-0.1, -0.05) is 29.8 Å². The number of benzene rings is 2. The summed E-state index contributed by atoms with van der Waals surface area (Å²) in [5.41, 5.74) is 0.0333. The van der Waals surface area contributed by atoms with Crippen molar-refractivity contribution in [2.24, 2.45) is 0 Å². The molecule has 104 valence electrons. The number of anilines is 1. The molecular formula is C15H13ClFNO2. The molecule has 0 unspecified atom stereocenters. The highest BCUT2D eigenvalue weighted by molar-refractivity contribution is 6.30. The average Bonchev–Trinajstić information content (AvgIpc) is 2.44. The van der Waals surface area contributed by atoms with Crippen LogP contribution in [0, 0.1) is 5.82 Å². The SMILES string of the molecule is C[C@@H](Oc1ccccc1)C(=O)Nc1cc(Cl)ccc1F. The van der Waals surface area contributed by atoms with Crippen molar-refractivity contribution in [3.63, 3.8) is 0 Å². The Bertz CT molecular complexity index is 604. The second-order valence-corrected chi connectivity index (χ2v) is 4.62. The fourth-order valence-electron chi connectivity index (χ4n) is 1.58. The molecule has 0 heterocycles. The standard InChI is InChI=1S/C15H13ClFNO2/c1-10(20-12-5-3-2-4-6-12)15(19)18-14-9-11(16)7-8-13(14)17/h2-10H,1H3,(H,18,19)/t10-/m1/s1. The van der Waals surface area contributed by atoms with E-state index in [1.54, 1.807) is 31.2 Å². The van der Waals surface area contributed by atoms with E-state index < -0.39 is 17.8 Å². The molecule has 0 aliphatic rings. The van der Waals surface area contributed by atoms with E-state index in [1.165, 1.54) is 18.2 Å². The predicted octanol–water partition coefficient (Wildman–Crippen LogP) is 3.89. The van der Waals surface area contributed by atoms with Gasteiger partial charge >= 0.3 is 0 Å². The summed E-state index contributed by atoms with van der Waals surface area (Å²) in [4.78, 5) is 11.9. The zero-order valence-electron chi connectivity index (χ0n) is 10.8. The van der Waals surface area contributed by atoms with Crippen LogP contribution in [0.15, 0.2) is 48.5 Å². The van der Waals surface area contributed by atoms with Gasteiger partial charge in [-0.05, 0) is 37.3 Å². The normalized spacial score (nSPS) is 11.8. The summed E-state index contributed by atoms with van der Waals surface area (Å²) in [6.07, 6.45) is -0.754. The minimum absolute atomic E-state index is 0.0333. The van der Waals surface area contributed by atoms with Crippen molar-refractivity contribution in [1.82, 2.24) is 0 Å². The lowest BCUT2D eigenvalue weighted by Crippen LogP contribution is -2.30. The minimum atomic E-state index is -0.754. The van der Waals surface area contributed by atoms with Gasteiger partial charge in [-0.3, -0.25) is 4.79 Å². The molecule has 2 rings (SSSR count). The Balaban J connectivity index is 2.02. The highest BCUT2D eigenvalue weighted by atomic mass is 35.5. The van der Waals surface area contributed by atoms with Gasteiger partial charge in [0.1, 0.15) is 11.6 Å². The third-order valence-electron chi connectivity index (χ3n) is 2.61. The topological polar surface area (TPSA) is 38.3 Å². The molecule has 20 heavy (non-hydrogen) atoms. The lowest BCUT2D eigenvalue weighted by Gasteiger charge is -2.15. The fraction of sp³-hybridized carbons (Fsp3) is 0.133. The van der Waals surface area contributed by atoms with E-state index in [2.05, 4.69) is 5.32 Å². The van der Waals surface area contributed by atoms with E-state index >= 15 is 0 Å². The summed E-state index contributed by atoms with van der Waals surface area (Å²) >= 11 is 5.76. The number of para-hydroxylation sites is 1. The third-order valence-corrected chi connectivity index (χ3v) is 2.85. The number of hydrogen-bond acceptors (Lipinski definition) is 2. The van der Waals surface area contributed by atoms with Gasteiger partial charge < -0.3 is 10.1 Å². The maximum Gasteiger partial charge on any atom is 0.265 e. The molecule has 3 nitrogen and oxygen atoms in total.